The van der Waals surface area contributed by atoms with Crippen molar-refractivity contribution in [2.24, 2.45) is 11.3 Å². The number of carbonyl (C=O) groups is 1. The molecule has 3 aliphatic carbocycles. The summed E-state index contributed by atoms with van der Waals surface area (Å²) in [4.78, 5) is 12.3. The van der Waals surface area contributed by atoms with Crippen molar-refractivity contribution in [3.05, 3.63) is 41.0 Å². The molecule has 3 aliphatic rings. The second-order valence-electron chi connectivity index (χ2n) is 7.30. The lowest BCUT2D eigenvalue weighted by Crippen LogP contribution is -2.37. The molecule has 0 aliphatic heterocycles. The molecule has 1 aromatic rings. The number of rotatable bonds is 2. The molecule has 2 fully saturated rings. The molecule has 0 spiro atoms. The molecular formula is C18H20O5S. The van der Waals surface area contributed by atoms with Crippen molar-refractivity contribution >= 4 is 16.2 Å². The average molecular weight is 348 g/mol. The van der Waals surface area contributed by atoms with Crippen molar-refractivity contribution < 1.29 is 21.9 Å². The average Bonchev–Trinajstić information content (AvgIpc) is 2.81. The Hall–Kier alpha value is -1.66. The van der Waals surface area contributed by atoms with Gasteiger partial charge in [0.2, 0.25) is 0 Å². The van der Waals surface area contributed by atoms with E-state index in [0.717, 1.165) is 24.8 Å². The Labute approximate surface area is 141 Å². The number of ketones is 1. The molecule has 0 radical (unpaired) electrons. The minimum atomic E-state index is -4.51. The number of allylic oxidation sites excluding steroid dienone is 2. The standard InChI is InChI=1S/C18H20O5S/c1-18-9-8-14-13-5-3-12(23-24(20,21)22)10-11(13)2-4-15(14)16(18)6-7-17(18)19/h3-5,10,14,16H,2,6-9H2,1H3,(H,20,21,22)/t14-,16+,18-/m0/s1. The smallest absolute Gasteiger partial charge is 0.362 e. The van der Waals surface area contributed by atoms with Gasteiger partial charge in [0.15, 0.2) is 0 Å². The summed E-state index contributed by atoms with van der Waals surface area (Å²) >= 11 is 0. The molecule has 1 aromatic carbocycles. The topological polar surface area (TPSA) is 80.7 Å². The van der Waals surface area contributed by atoms with Gasteiger partial charge in [-0.3, -0.25) is 9.35 Å². The predicted octanol–water partition coefficient (Wildman–Crippen LogP) is 3.21. The van der Waals surface area contributed by atoms with E-state index in [1.54, 1.807) is 12.1 Å². The largest absolute Gasteiger partial charge is 0.446 e. The molecule has 0 saturated heterocycles. The van der Waals surface area contributed by atoms with E-state index < -0.39 is 10.4 Å². The first kappa shape index (κ1) is 15.8. The van der Waals surface area contributed by atoms with Crippen LogP contribution in [0.4, 0.5) is 0 Å². The summed E-state index contributed by atoms with van der Waals surface area (Å²) < 4.78 is 35.1. The fraction of sp³-hybridized carbons (Fsp3) is 0.500. The SMILES string of the molecule is C[C@]12CC[C@@H]3C(=CCc4cc(OS(=O)(=O)O)ccc43)[C@H]1CCC2=O. The van der Waals surface area contributed by atoms with E-state index in [9.17, 15) is 13.2 Å². The normalized spacial score (nSPS) is 31.8. The van der Waals surface area contributed by atoms with Crippen LogP contribution in [0.1, 0.15) is 49.7 Å². The van der Waals surface area contributed by atoms with Gasteiger partial charge < -0.3 is 4.18 Å². The highest BCUT2D eigenvalue weighted by molar-refractivity contribution is 7.81. The van der Waals surface area contributed by atoms with Gasteiger partial charge in [-0.05, 0) is 54.9 Å². The molecule has 0 heterocycles. The molecule has 1 N–H and O–H groups in total. The van der Waals surface area contributed by atoms with Crippen LogP contribution in [0.15, 0.2) is 29.8 Å². The van der Waals surface area contributed by atoms with E-state index in [-0.39, 0.29) is 11.2 Å². The van der Waals surface area contributed by atoms with Gasteiger partial charge >= 0.3 is 10.4 Å². The fourth-order valence-corrected chi connectivity index (χ4v) is 5.24. The van der Waals surface area contributed by atoms with E-state index in [1.807, 2.05) is 6.07 Å². The molecule has 4 rings (SSSR count). The maximum Gasteiger partial charge on any atom is 0.446 e. The summed E-state index contributed by atoms with van der Waals surface area (Å²) in [6.45, 7) is 2.11. The van der Waals surface area contributed by atoms with Gasteiger partial charge in [0.25, 0.3) is 0 Å². The first-order valence-corrected chi connectivity index (χ1v) is 9.67. The molecule has 128 valence electrons. The lowest BCUT2D eigenvalue weighted by molar-refractivity contribution is -0.126. The summed E-state index contributed by atoms with van der Waals surface area (Å²) in [6.07, 6.45) is 6.38. The van der Waals surface area contributed by atoms with Gasteiger partial charge in [-0.2, -0.15) is 8.42 Å². The van der Waals surface area contributed by atoms with Crippen LogP contribution in [-0.2, 0) is 21.6 Å². The predicted molar refractivity (Wildman–Crippen MR) is 88.2 cm³/mol. The van der Waals surface area contributed by atoms with Crippen molar-refractivity contribution in [3.8, 4) is 5.75 Å². The van der Waals surface area contributed by atoms with E-state index in [4.69, 9.17) is 4.55 Å². The second-order valence-corrected chi connectivity index (χ2v) is 8.33. The van der Waals surface area contributed by atoms with Crippen molar-refractivity contribution in [1.82, 2.24) is 0 Å². The van der Waals surface area contributed by atoms with Gasteiger partial charge in [0.05, 0.1) is 0 Å². The number of Topliss-reactive ketones (excluding diaryl/α,β-unsaturated/α-hetero) is 1. The number of hydrogen-bond donors (Lipinski definition) is 1. The zero-order valence-corrected chi connectivity index (χ0v) is 14.3. The van der Waals surface area contributed by atoms with Gasteiger partial charge in [0, 0.05) is 17.8 Å². The second kappa shape index (κ2) is 5.17. The molecular weight excluding hydrogens is 328 g/mol. The maximum absolute atomic E-state index is 12.3. The highest BCUT2D eigenvalue weighted by Crippen LogP contribution is 2.57. The summed E-state index contributed by atoms with van der Waals surface area (Å²) in [6, 6.07) is 5.17. The summed E-state index contributed by atoms with van der Waals surface area (Å²) in [5.41, 5.74) is 3.40. The van der Waals surface area contributed by atoms with Crippen LogP contribution in [0.25, 0.3) is 0 Å². The molecule has 24 heavy (non-hydrogen) atoms. The molecule has 0 amide bonds. The van der Waals surface area contributed by atoms with Gasteiger partial charge in [-0.15, -0.1) is 0 Å². The molecule has 6 heteroatoms. The zero-order valence-electron chi connectivity index (χ0n) is 13.5. The van der Waals surface area contributed by atoms with Crippen LogP contribution in [0.3, 0.4) is 0 Å². The summed E-state index contributed by atoms with van der Waals surface area (Å²) in [7, 11) is -4.51. The van der Waals surface area contributed by atoms with Crippen LogP contribution in [-0.4, -0.2) is 18.8 Å². The molecule has 2 saturated carbocycles. The Morgan fingerprint density at radius 1 is 1.29 bits per heavy atom. The molecule has 0 unspecified atom stereocenters. The lowest BCUT2D eigenvalue weighted by atomic mass is 9.60. The maximum atomic E-state index is 12.3. The van der Waals surface area contributed by atoms with Crippen molar-refractivity contribution in [1.29, 1.82) is 0 Å². The third kappa shape index (κ3) is 2.40. The van der Waals surface area contributed by atoms with Crippen LogP contribution in [0, 0.1) is 11.3 Å². The minimum absolute atomic E-state index is 0.129. The summed E-state index contributed by atoms with van der Waals surface area (Å²) in [5.74, 6) is 1.17. The molecule has 5 nitrogen and oxygen atoms in total. The van der Waals surface area contributed by atoms with E-state index >= 15 is 0 Å². The highest BCUT2D eigenvalue weighted by atomic mass is 32.3. The molecule has 3 atom stereocenters. The van der Waals surface area contributed by atoms with Gasteiger partial charge in [-0.25, -0.2) is 0 Å². The quantitative estimate of drug-likeness (QED) is 0.656. The first-order valence-electron chi connectivity index (χ1n) is 8.31. The number of benzene rings is 1. The minimum Gasteiger partial charge on any atom is -0.362 e. The van der Waals surface area contributed by atoms with Crippen LogP contribution < -0.4 is 4.18 Å². The Morgan fingerprint density at radius 3 is 2.83 bits per heavy atom. The summed E-state index contributed by atoms with van der Waals surface area (Å²) in [5, 5.41) is 0. The Kier molecular flexibility index (Phi) is 3.41. The Balaban J connectivity index is 1.68. The van der Waals surface area contributed by atoms with Gasteiger partial charge in [0.1, 0.15) is 11.5 Å². The van der Waals surface area contributed by atoms with E-state index in [0.29, 0.717) is 30.5 Å². The van der Waals surface area contributed by atoms with Crippen LogP contribution >= 0.6 is 0 Å². The van der Waals surface area contributed by atoms with E-state index in [1.165, 1.54) is 11.1 Å². The van der Waals surface area contributed by atoms with Gasteiger partial charge in [-0.1, -0.05) is 24.6 Å². The first-order chi connectivity index (χ1) is 11.3. The van der Waals surface area contributed by atoms with E-state index in [2.05, 4.69) is 17.2 Å². The Morgan fingerprint density at radius 2 is 2.08 bits per heavy atom. The molecule has 0 bridgehead atoms. The van der Waals surface area contributed by atoms with Crippen molar-refractivity contribution in [3.63, 3.8) is 0 Å². The monoisotopic (exact) mass is 348 g/mol. The fourth-order valence-electron chi connectivity index (χ4n) is 4.90. The number of fused-ring (bicyclic) bond motifs is 5. The lowest BCUT2D eigenvalue weighted by Gasteiger charge is -2.43. The number of hydrogen-bond acceptors (Lipinski definition) is 4. The van der Waals surface area contributed by atoms with Crippen molar-refractivity contribution in [2.45, 2.75) is 44.9 Å². The Bertz CT molecular complexity index is 854. The zero-order chi connectivity index (χ0) is 17.1. The number of carbonyl (C=O) groups excluding carboxylic acids is 1. The highest BCUT2D eigenvalue weighted by Gasteiger charge is 2.52. The third-order valence-electron chi connectivity index (χ3n) is 6.07. The third-order valence-corrected chi connectivity index (χ3v) is 6.48. The molecule has 0 aromatic heterocycles. The van der Waals surface area contributed by atoms with Crippen molar-refractivity contribution in [2.75, 3.05) is 0 Å². The van der Waals surface area contributed by atoms with Crippen LogP contribution in [0.2, 0.25) is 0 Å². The van der Waals surface area contributed by atoms with Crippen LogP contribution in [0.5, 0.6) is 5.75 Å².